The van der Waals surface area contributed by atoms with Gasteiger partial charge in [0.15, 0.2) is 0 Å². The van der Waals surface area contributed by atoms with Crippen molar-refractivity contribution in [3.8, 4) is 0 Å². The Morgan fingerprint density at radius 1 is 1.31 bits per heavy atom. The molecular formula is C18H18FN3O4. The molecule has 1 saturated heterocycles. The van der Waals surface area contributed by atoms with Gasteiger partial charge in [-0.15, -0.1) is 0 Å². The van der Waals surface area contributed by atoms with Gasteiger partial charge in [-0.25, -0.2) is 4.39 Å². The van der Waals surface area contributed by atoms with Gasteiger partial charge in [-0.1, -0.05) is 12.1 Å². The molecule has 1 unspecified atom stereocenters. The molecule has 1 N–H and O–H groups in total. The van der Waals surface area contributed by atoms with Crippen LogP contribution in [-0.2, 0) is 4.74 Å². The van der Waals surface area contributed by atoms with Crippen LogP contribution in [0.2, 0.25) is 0 Å². The van der Waals surface area contributed by atoms with E-state index in [0.29, 0.717) is 25.4 Å². The second kappa shape index (κ2) is 7.49. The Hall–Kier alpha value is -3.00. The highest BCUT2D eigenvalue weighted by Gasteiger charge is 2.26. The second-order valence-electron chi connectivity index (χ2n) is 5.89. The molecule has 2 aromatic carbocycles. The molecule has 0 aromatic heterocycles. The van der Waals surface area contributed by atoms with E-state index in [0.717, 1.165) is 5.56 Å². The van der Waals surface area contributed by atoms with Crippen LogP contribution in [0.1, 0.15) is 22.0 Å². The lowest BCUT2D eigenvalue weighted by Gasteiger charge is -2.35. The van der Waals surface area contributed by atoms with E-state index in [1.165, 1.54) is 31.3 Å². The van der Waals surface area contributed by atoms with E-state index in [1.54, 1.807) is 18.2 Å². The number of nitrogens with zero attached hydrogens (tertiary/aromatic N) is 2. The molecule has 3 rings (SSSR count). The number of benzene rings is 2. The van der Waals surface area contributed by atoms with Crippen molar-refractivity contribution in [2.75, 3.05) is 31.6 Å². The average molecular weight is 359 g/mol. The van der Waals surface area contributed by atoms with E-state index in [4.69, 9.17) is 4.74 Å². The molecule has 0 spiro atoms. The van der Waals surface area contributed by atoms with E-state index in [9.17, 15) is 19.3 Å². The molecule has 7 nitrogen and oxygen atoms in total. The lowest BCUT2D eigenvalue weighted by atomic mass is 10.1. The van der Waals surface area contributed by atoms with Crippen molar-refractivity contribution in [2.24, 2.45) is 0 Å². The first kappa shape index (κ1) is 17.8. The standard InChI is InChI=1S/C18H18FN3O4/c1-20-18(23)15-10-14(22(24)25)6-7-16(15)21-8-9-26-17(11-21)12-2-4-13(19)5-3-12/h2-7,10,17H,8-9,11H2,1H3,(H,20,23). The van der Waals surface area contributed by atoms with Crippen molar-refractivity contribution in [1.29, 1.82) is 0 Å². The third-order valence-corrected chi connectivity index (χ3v) is 4.31. The molecule has 1 aliphatic rings. The summed E-state index contributed by atoms with van der Waals surface area (Å²) in [6, 6.07) is 10.3. The number of morpholine rings is 1. The van der Waals surface area contributed by atoms with Gasteiger partial charge in [-0.05, 0) is 23.8 Å². The summed E-state index contributed by atoms with van der Waals surface area (Å²) in [5.74, 6) is -0.716. The normalized spacial score (nSPS) is 17.0. The van der Waals surface area contributed by atoms with Crippen molar-refractivity contribution in [2.45, 2.75) is 6.10 Å². The predicted octanol–water partition coefficient (Wildman–Crippen LogP) is 2.67. The molecule has 8 heteroatoms. The Kier molecular flexibility index (Phi) is 5.13. The van der Waals surface area contributed by atoms with E-state index in [-0.39, 0.29) is 23.2 Å². The number of anilines is 1. The van der Waals surface area contributed by atoms with Crippen LogP contribution in [0.5, 0.6) is 0 Å². The number of ether oxygens (including phenoxy) is 1. The number of rotatable bonds is 4. The lowest BCUT2D eigenvalue weighted by Crippen LogP contribution is -2.39. The van der Waals surface area contributed by atoms with Gasteiger partial charge in [0.25, 0.3) is 11.6 Å². The molecular weight excluding hydrogens is 341 g/mol. The molecule has 0 radical (unpaired) electrons. The largest absolute Gasteiger partial charge is 0.370 e. The fraction of sp³-hybridized carbons (Fsp3) is 0.278. The first-order valence-corrected chi connectivity index (χ1v) is 8.12. The molecule has 1 amide bonds. The second-order valence-corrected chi connectivity index (χ2v) is 5.89. The van der Waals surface area contributed by atoms with Crippen LogP contribution in [0.25, 0.3) is 0 Å². The molecule has 136 valence electrons. The average Bonchev–Trinajstić information content (AvgIpc) is 2.67. The van der Waals surface area contributed by atoms with Crippen LogP contribution >= 0.6 is 0 Å². The Morgan fingerprint density at radius 2 is 2.04 bits per heavy atom. The van der Waals surface area contributed by atoms with Gasteiger partial charge in [0, 0.05) is 32.3 Å². The lowest BCUT2D eigenvalue weighted by molar-refractivity contribution is -0.384. The number of hydrogen-bond donors (Lipinski definition) is 1. The molecule has 2 aromatic rings. The van der Waals surface area contributed by atoms with Gasteiger partial charge in [0.05, 0.1) is 22.8 Å². The van der Waals surface area contributed by atoms with Gasteiger partial charge >= 0.3 is 0 Å². The van der Waals surface area contributed by atoms with Crippen LogP contribution in [0.15, 0.2) is 42.5 Å². The summed E-state index contributed by atoms with van der Waals surface area (Å²) in [5, 5.41) is 13.5. The van der Waals surface area contributed by atoms with Crippen molar-refractivity contribution < 1.29 is 18.8 Å². The van der Waals surface area contributed by atoms with Crippen molar-refractivity contribution >= 4 is 17.3 Å². The number of carbonyl (C=O) groups excluding carboxylic acids is 1. The van der Waals surface area contributed by atoms with Gasteiger partial charge in [0.1, 0.15) is 11.9 Å². The Morgan fingerprint density at radius 3 is 2.69 bits per heavy atom. The first-order valence-electron chi connectivity index (χ1n) is 8.12. The summed E-state index contributed by atoms with van der Waals surface area (Å²) in [6.07, 6.45) is -0.280. The zero-order valence-electron chi connectivity index (χ0n) is 14.1. The Bertz CT molecular complexity index is 826. The van der Waals surface area contributed by atoms with Crippen molar-refractivity contribution in [3.05, 3.63) is 69.5 Å². The maximum atomic E-state index is 13.1. The van der Waals surface area contributed by atoms with Crippen LogP contribution in [-0.4, -0.2) is 37.6 Å². The Labute approximate surface area is 149 Å². The number of halogens is 1. The fourth-order valence-corrected chi connectivity index (χ4v) is 2.98. The van der Waals surface area contributed by atoms with E-state index in [2.05, 4.69) is 5.32 Å². The van der Waals surface area contributed by atoms with Gasteiger partial charge < -0.3 is 15.0 Å². The number of carbonyl (C=O) groups is 1. The van der Waals surface area contributed by atoms with E-state index < -0.39 is 10.8 Å². The summed E-state index contributed by atoms with van der Waals surface area (Å²) in [5.41, 5.74) is 1.53. The highest BCUT2D eigenvalue weighted by molar-refractivity contribution is 6.00. The zero-order chi connectivity index (χ0) is 18.7. The molecule has 1 aliphatic heterocycles. The molecule has 1 fully saturated rings. The predicted molar refractivity (Wildman–Crippen MR) is 93.8 cm³/mol. The number of non-ortho nitro benzene ring substituents is 1. The quantitative estimate of drug-likeness (QED) is 0.670. The molecule has 0 bridgehead atoms. The summed E-state index contributed by atoms with van der Waals surface area (Å²) < 4.78 is 18.9. The summed E-state index contributed by atoms with van der Waals surface area (Å²) in [7, 11) is 1.48. The number of hydrogen-bond acceptors (Lipinski definition) is 5. The smallest absolute Gasteiger partial charge is 0.270 e. The fourth-order valence-electron chi connectivity index (χ4n) is 2.98. The minimum atomic E-state index is -0.531. The van der Waals surface area contributed by atoms with Crippen LogP contribution in [0, 0.1) is 15.9 Å². The zero-order valence-corrected chi connectivity index (χ0v) is 14.1. The maximum Gasteiger partial charge on any atom is 0.270 e. The van der Waals surface area contributed by atoms with Crippen LogP contribution in [0.3, 0.4) is 0 Å². The van der Waals surface area contributed by atoms with Crippen LogP contribution in [0.4, 0.5) is 15.8 Å². The summed E-state index contributed by atoms with van der Waals surface area (Å²) >= 11 is 0. The third-order valence-electron chi connectivity index (χ3n) is 4.31. The van der Waals surface area contributed by atoms with Crippen molar-refractivity contribution in [1.82, 2.24) is 5.32 Å². The van der Waals surface area contributed by atoms with E-state index >= 15 is 0 Å². The van der Waals surface area contributed by atoms with Crippen molar-refractivity contribution in [3.63, 3.8) is 0 Å². The van der Waals surface area contributed by atoms with Gasteiger partial charge in [-0.2, -0.15) is 0 Å². The van der Waals surface area contributed by atoms with Gasteiger partial charge in [0.2, 0.25) is 0 Å². The number of nitrogens with one attached hydrogen (secondary N) is 1. The molecule has 0 saturated carbocycles. The number of amides is 1. The monoisotopic (exact) mass is 359 g/mol. The first-order chi connectivity index (χ1) is 12.5. The maximum absolute atomic E-state index is 13.1. The minimum Gasteiger partial charge on any atom is -0.370 e. The highest BCUT2D eigenvalue weighted by Crippen LogP contribution is 2.30. The highest BCUT2D eigenvalue weighted by atomic mass is 19.1. The molecule has 1 atom stereocenters. The summed E-state index contributed by atoms with van der Waals surface area (Å²) in [6.45, 7) is 1.42. The molecule has 26 heavy (non-hydrogen) atoms. The Balaban J connectivity index is 1.91. The molecule has 0 aliphatic carbocycles. The third kappa shape index (κ3) is 3.65. The van der Waals surface area contributed by atoms with Gasteiger partial charge in [-0.3, -0.25) is 14.9 Å². The van der Waals surface area contributed by atoms with Crippen LogP contribution < -0.4 is 10.2 Å². The number of nitro benzene ring substituents is 1. The number of nitro groups is 1. The summed E-state index contributed by atoms with van der Waals surface area (Å²) in [4.78, 5) is 24.7. The minimum absolute atomic E-state index is 0.143. The molecule has 1 heterocycles. The SMILES string of the molecule is CNC(=O)c1cc([N+](=O)[O-])ccc1N1CCOC(c2ccc(F)cc2)C1. The van der Waals surface area contributed by atoms with E-state index in [1.807, 2.05) is 4.90 Å². The topological polar surface area (TPSA) is 84.7 Å².